The molecule has 0 bridgehead atoms. The summed E-state index contributed by atoms with van der Waals surface area (Å²) in [6, 6.07) is 3.77. The smallest absolute Gasteiger partial charge is 0.270 e. The maximum Gasteiger partial charge on any atom is 0.270 e. The zero-order chi connectivity index (χ0) is 15.4. The number of aromatic nitrogens is 1. The van der Waals surface area contributed by atoms with Crippen LogP contribution >= 0.6 is 59.1 Å². The number of halogens is 3. The second kappa shape index (κ2) is 10.6. The Morgan fingerprint density at radius 3 is 2.75 bits per heavy atom. The number of piperazine rings is 1. The van der Waals surface area contributed by atoms with Crippen molar-refractivity contribution in [1.82, 2.24) is 20.5 Å². The van der Waals surface area contributed by atoms with Crippen molar-refractivity contribution in [3.8, 4) is 9.88 Å². The maximum absolute atomic E-state index is 12.1. The van der Waals surface area contributed by atoms with Crippen molar-refractivity contribution >= 4 is 65.0 Å². The molecule has 0 aromatic carbocycles. The third-order valence-electron chi connectivity index (χ3n) is 3.44. The van der Waals surface area contributed by atoms with Crippen molar-refractivity contribution in [2.24, 2.45) is 0 Å². The Labute approximate surface area is 166 Å². The zero-order valence-electron chi connectivity index (χ0n) is 12.8. The number of rotatable bonds is 5. The summed E-state index contributed by atoms with van der Waals surface area (Å²) in [5.74, 6) is -0.111. The van der Waals surface area contributed by atoms with Crippen LogP contribution in [0, 0.1) is 0 Å². The Balaban J connectivity index is 0.00000144. The van der Waals surface area contributed by atoms with E-state index in [0.29, 0.717) is 12.2 Å². The van der Waals surface area contributed by atoms with Gasteiger partial charge in [0.2, 0.25) is 0 Å². The molecule has 0 radical (unpaired) electrons. The Hall–Kier alpha value is -0.410. The van der Waals surface area contributed by atoms with E-state index in [9.17, 15) is 4.79 Å². The molecule has 0 saturated carbocycles. The lowest BCUT2D eigenvalue weighted by Crippen LogP contribution is -2.46. The summed E-state index contributed by atoms with van der Waals surface area (Å²) < 4.78 is 0.729. The first kappa shape index (κ1) is 21.6. The first-order valence-corrected chi connectivity index (χ1v) is 9.22. The summed E-state index contributed by atoms with van der Waals surface area (Å²) in [6.07, 6.45) is 0. The number of carbonyl (C=O) groups excluding carboxylic acids is 1. The molecule has 1 aliphatic heterocycles. The Morgan fingerprint density at radius 2 is 2.08 bits per heavy atom. The van der Waals surface area contributed by atoms with Crippen LogP contribution in [-0.2, 0) is 0 Å². The summed E-state index contributed by atoms with van der Waals surface area (Å²) in [6.45, 7) is 5.65. The van der Waals surface area contributed by atoms with Gasteiger partial charge in [0.05, 0.1) is 9.21 Å². The highest BCUT2D eigenvalue weighted by atomic mass is 35.5. The fraction of sp³-hybridized carbons (Fsp3) is 0.429. The van der Waals surface area contributed by atoms with Gasteiger partial charge in [-0.15, -0.1) is 47.5 Å². The van der Waals surface area contributed by atoms with Crippen LogP contribution in [0.15, 0.2) is 17.5 Å². The first-order chi connectivity index (χ1) is 10.7. The zero-order valence-corrected chi connectivity index (χ0v) is 16.8. The van der Waals surface area contributed by atoms with Gasteiger partial charge in [0.1, 0.15) is 10.7 Å². The van der Waals surface area contributed by atoms with Gasteiger partial charge >= 0.3 is 0 Å². The van der Waals surface area contributed by atoms with Gasteiger partial charge in [-0.1, -0.05) is 11.6 Å². The second-order valence-electron chi connectivity index (χ2n) is 4.99. The molecule has 5 nitrogen and oxygen atoms in total. The maximum atomic E-state index is 12.1. The minimum absolute atomic E-state index is 0. The molecule has 0 atom stereocenters. The first-order valence-electron chi connectivity index (χ1n) is 7.15. The largest absolute Gasteiger partial charge is 0.349 e. The van der Waals surface area contributed by atoms with Gasteiger partial charge in [0.25, 0.3) is 5.91 Å². The molecule has 0 unspecified atom stereocenters. The Kier molecular flexibility index (Phi) is 9.51. The number of hydrogen-bond donors (Lipinski definition) is 2. The van der Waals surface area contributed by atoms with E-state index in [1.165, 1.54) is 22.7 Å². The molecule has 1 aliphatic rings. The predicted molar refractivity (Wildman–Crippen MR) is 107 cm³/mol. The molecule has 10 heteroatoms. The van der Waals surface area contributed by atoms with Crippen LogP contribution in [0.3, 0.4) is 0 Å². The van der Waals surface area contributed by atoms with Crippen molar-refractivity contribution in [2.75, 3.05) is 39.3 Å². The van der Waals surface area contributed by atoms with Crippen LogP contribution in [0.5, 0.6) is 0 Å². The van der Waals surface area contributed by atoms with Crippen molar-refractivity contribution in [3.05, 3.63) is 27.5 Å². The van der Waals surface area contributed by atoms with Crippen LogP contribution in [0.1, 0.15) is 10.5 Å². The number of thiazole rings is 1. The Morgan fingerprint density at radius 1 is 1.33 bits per heavy atom. The van der Waals surface area contributed by atoms with E-state index < -0.39 is 0 Å². The highest BCUT2D eigenvalue weighted by molar-refractivity contribution is 7.23. The van der Waals surface area contributed by atoms with Crippen molar-refractivity contribution in [2.45, 2.75) is 0 Å². The number of amides is 1. The minimum Gasteiger partial charge on any atom is -0.349 e. The molecule has 3 heterocycles. The lowest BCUT2D eigenvalue weighted by Gasteiger charge is -2.26. The Bertz CT molecular complexity index is 644. The number of nitrogens with one attached hydrogen (secondary N) is 2. The van der Waals surface area contributed by atoms with Gasteiger partial charge in [-0.2, -0.15) is 0 Å². The molecule has 1 amide bonds. The lowest BCUT2D eigenvalue weighted by atomic mass is 10.3. The van der Waals surface area contributed by atoms with Gasteiger partial charge in [-0.05, 0) is 12.1 Å². The molecule has 1 saturated heterocycles. The van der Waals surface area contributed by atoms with Gasteiger partial charge in [0, 0.05) is 44.6 Å². The molecule has 3 rings (SSSR count). The number of nitrogens with zero attached hydrogens (tertiary/aromatic N) is 2. The molecule has 0 aliphatic carbocycles. The SMILES string of the molecule is Cl.Cl.O=C(NCCN1CCNCC1)c1csc(-c2ccc(Cl)s2)n1. The van der Waals surface area contributed by atoms with Crippen LogP contribution in [0.4, 0.5) is 0 Å². The molecular weight excluding hydrogens is 411 g/mol. The number of carbonyl (C=O) groups is 1. The standard InChI is InChI=1S/C14H17ClN4OS2.2ClH/c15-12-2-1-11(22-12)14-18-10(9-21-14)13(20)17-5-8-19-6-3-16-4-7-19;;/h1-2,9,16H,3-8H2,(H,17,20);2*1H. The summed E-state index contributed by atoms with van der Waals surface area (Å²) in [4.78, 5) is 19.8. The fourth-order valence-corrected chi connectivity index (χ4v) is 4.19. The van der Waals surface area contributed by atoms with Crippen molar-refractivity contribution in [1.29, 1.82) is 0 Å². The molecule has 0 spiro atoms. The topological polar surface area (TPSA) is 57.3 Å². The normalized spacial score (nSPS) is 14.5. The molecule has 2 aromatic heterocycles. The quantitative estimate of drug-likeness (QED) is 0.767. The van der Waals surface area contributed by atoms with E-state index in [1.54, 1.807) is 5.38 Å². The van der Waals surface area contributed by atoms with Gasteiger partial charge in [0.15, 0.2) is 0 Å². The molecule has 24 heavy (non-hydrogen) atoms. The molecular formula is C14H19Cl3N4OS2. The second-order valence-corrected chi connectivity index (χ2v) is 7.56. The van der Waals surface area contributed by atoms with Crippen LogP contribution in [0.25, 0.3) is 9.88 Å². The van der Waals surface area contributed by atoms with Gasteiger partial charge < -0.3 is 10.6 Å². The van der Waals surface area contributed by atoms with E-state index >= 15 is 0 Å². The highest BCUT2D eigenvalue weighted by Crippen LogP contribution is 2.32. The van der Waals surface area contributed by atoms with Crippen LogP contribution in [-0.4, -0.2) is 55.1 Å². The third-order valence-corrected chi connectivity index (χ3v) is 5.69. The lowest BCUT2D eigenvalue weighted by molar-refractivity contribution is 0.0943. The minimum atomic E-state index is -0.111. The number of thiophene rings is 1. The predicted octanol–water partition coefficient (Wildman–Crippen LogP) is 3.00. The average molecular weight is 430 g/mol. The van der Waals surface area contributed by atoms with Gasteiger partial charge in [-0.3, -0.25) is 9.69 Å². The molecule has 134 valence electrons. The van der Waals surface area contributed by atoms with E-state index in [2.05, 4.69) is 20.5 Å². The molecule has 1 fully saturated rings. The van der Waals surface area contributed by atoms with Crippen molar-refractivity contribution in [3.63, 3.8) is 0 Å². The summed E-state index contributed by atoms with van der Waals surface area (Å²) in [7, 11) is 0. The van der Waals surface area contributed by atoms with E-state index in [-0.39, 0.29) is 30.7 Å². The van der Waals surface area contributed by atoms with E-state index in [4.69, 9.17) is 11.6 Å². The van der Waals surface area contributed by atoms with Gasteiger partial charge in [-0.25, -0.2) is 4.98 Å². The van der Waals surface area contributed by atoms with Crippen LogP contribution < -0.4 is 10.6 Å². The summed E-state index contributed by atoms with van der Waals surface area (Å²) >= 11 is 8.87. The monoisotopic (exact) mass is 428 g/mol. The summed E-state index contributed by atoms with van der Waals surface area (Å²) in [5.41, 5.74) is 0.477. The van der Waals surface area contributed by atoms with E-state index in [0.717, 1.165) is 46.9 Å². The fourth-order valence-electron chi connectivity index (χ4n) is 2.27. The summed E-state index contributed by atoms with van der Waals surface area (Å²) in [5, 5.41) is 8.88. The molecule has 2 N–H and O–H groups in total. The van der Waals surface area contributed by atoms with Crippen molar-refractivity contribution < 1.29 is 4.79 Å². The van der Waals surface area contributed by atoms with Crippen LogP contribution in [0.2, 0.25) is 4.34 Å². The third kappa shape index (κ3) is 5.84. The number of hydrogen-bond acceptors (Lipinski definition) is 6. The highest BCUT2D eigenvalue weighted by Gasteiger charge is 2.14. The van der Waals surface area contributed by atoms with E-state index in [1.807, 2.05) is 12.1 Å². The average Bonchev–Trinajstić information content (AvgIpc) is 3.17. The molecule has 2 aromatic rings.